The van der Waals surface area contributed by atoms with Crippen molar-refractivity contribution in [3.05, 3.63) is 18.2 Å². The summed E-state index contributed by atoms with van der Waals surface area (Å²) in [5.74, 6) is -0.693. The van der Waals surface area contributed by atoms with Gasteiger partial charge in [0.1, 0.15) is 0 Å². The Morgan fingerprint density at radius 1 is 1.55 bits per heavy atom. The standard InChI is InChI=1S/C9H15N3O.C5H10O2/c1-8(2)12(7-13)4-3-9-5-10-6-11-9;1-2-3-4-5(6)7/h5-8H,3-4H2,1-2H3,(H,10,11);2-4H2,1H3,(H,6,7). The maximum absolute atomic E-state index is 10.6. The molecular formula is C14H25N3O3. The molecule has 0 aliphatic heterocycles. The van der Waals surface area contributed by atoms with E-state index in [0.717, 1.165) is 37.9 Å². The highest BCUT2D eigenvalue weighted by molar-refractivity contribution is 5.66. The number of amides is 1. The van der Waals surface area contributed by atoms with Gasteiger partial charge in [0.05, 0.1) is 6.33 Å². The minimum atomic E-state index is -0.693. The van der Waals surface area contributed by atoms with Gasteiger partial charge < -0.3 is 15.0 Å². The molecule has 1 aromatic rings. The molecule has 1 heterocycles. The molecule has 0 unspecified atom stereocenters. The van der Waals surface area contributed by atoms with Crippen LogP contribution in [0.1, 0.15) is 45.7 Å². The van der Waals surface area contributed by atoms with Crippen molar-refractivity contribution in [2.24, 2.45) is 0 Å². The van der Waals surface area contributed by atoms with Gasteiger partial charge in [-0.3, -0.25) is 9.59 Å². The largest absolute Gasteiger partial charge is 0.481 e. The highest BCUT2D eigenvalue weighted by Gasteiger charge is 2.05. The first-order valence-corrected chi connectivity index (χ1v) is 6.91. The van der Waals surface area contributed by atoms with Gasteiger partial charge in [0.2, 0.25) is 6.41 Å². The highest BCUT2D eigenvalue weighted by atomic mass is 16.4. The van der Waals surface area contributed by atoms with E-state index in [-0.39, 0.29) is 6.04 Å². The summed E-state index contributed by atoms with van der Waals surface area (Å²) in [5, 5.41) is 8.04. The lowest BCUT2D eigenvalue weighted by Crippen LogP contribution is -2.31. The number of hydrogen-bond donors (Lipinski definition) is 2. The molecular weight excluding hydrogens is 258 g/mol. The number of nitrogens with one attached hydrogen (secondary N) is 1. The fraction of sp³-hybridized carbons (Fsp3) is 0.643. The lowest BCUT2D eigenvalue weighted by Gasteiger charge is -2.20. The van der Waals surface area contributed by atoms with Crippen molar-refractivity contribution < 1.29 is 14.7 Å². The van der Waals surface area contributed by atoms with Gasteiger partial charge in [0.25, 0.3) is 0 Å². The van der Waals surface area contributed by atoms with Crippen molar-refractivity contribution in [2.45, 2.75) is 52.5 Å². The maximum Gasteiger partial charge on any atom is 0.303 e. The second-order valence-electron chi connectivity index (χ2n) is 4.76. The minimum absolute atomic E-state index is 0.264. The number of aliphatic carboxylic acids is 1. The quantitative estimate of drug-likeness (QED) is 0.715. The predicted octanol–water partition coefficient (Wildman–Crippen LogP) is 2.08. The Morgan fingerprint density at radius 3 is 2.60 bits per heavy atom. The van der Waals surface area contributed by atoms with Crippen LogP contribution < -0.4 is 0 Å². The van der Waals surface area contributed by atoms with E-state index in [9.17, 15) is 9.59 Å². The number of carboxylic acid groups (broad SMARTS) is 1. The molecule has 6 heteroatoms. The summed E-state index contributed by atoms with van der Waals surface area (Å²) in [6.07, 6.45) is 7.23. The number of rotatable bonds is 8. The van der Waals surface area contributed by atoms with Gasteiger partial charge >= 0.3 is 5.97 Å². The van der Waals surface area contributed by atoms with Crippen LogP contribution in [0.4, 0.5) is 0 Å². The molecule has 0 aliphatic carbocycles. The van der Waals surface area contributed by atoms with E-state index in [2.05, 4.69) is 9.97 Å². The number of H-pyrrole nitrogens is 1. The number of hydrogen-bond acceptors (Lipinski definition) is 3. The summed E-state index contributed by atoms with van der Waals surface area (Å²) in [7, 11) is 0. The highest BCUT2D eigenvalue weighted by Crippen LogP contribution is 1.98. The van der Waals surface area contributed by atoms with Crippen molar-refractivity contribution in [1.82, 2.24) is 14.9 Å². The van der Waals surface area contributed by atoms with Gasteiger partial charge in [-0.1, -0.05) is 13.3 Å². The van der Waals surface area contributed by atoms with Gasteiger partial charge in [-0.15, -0.1) is 0 Å². The van der Waals surface area contributed by atoms with Crippen LogP contribution in [0.2, 0.25) is 0 Å². The number of unbranched alkanes of at least 4 members (excludes halogenated alkanes) is 1. The fourth-order valence-electron chi connectivity index (χ4n) is 1.43. The molecule has 1 amide bonds. The number of aromatic amines is 1. The van der Waals surface area contributed by atoms with E-state index in [0.29, 0.717) is 6.42 Å². The maximum atomic E-state index is 10.6. The number of carboxylic acids is 1. The Kier molecular flexibility index (Phi) is 10.00. The van der Waals surface area contributed by atoms with Crippen LogP contribution in [0.3, 0.4) is 0 Å². The van der Waals surface area contributed by atoms with Crippen molar-refractivity contribution in [2.75, 3.05) is 6.54 Å². The van der Waals surface area contributed by atoms with Crippen LogP contribution in [0.5, 0.6) is 0 Å². The molecule has 1 rings (SSSR count). The van der Waals surface area contributed by atoms with Crippen molar-refractivity contribution >= 4 is 12.4 Å². The fourth-order valence-corrected chi connectivity index (χ4v) is 1.43. The first kappa shape index (κ1) is 18.1. The number of imidazole rings is 1. The van der Waals surface area contributed by atoms with E-state index in [4.69, 9.17) is 5.11 Å². The number of nitrogens with zero attached hydrogens (tertiary/aromatic N) is 2. The molecule has 1 aromatic heterocycles. The monoisotopic (exact) mass is 283 g/mol. The third-order valence-electron chi connectivity index (χ3n) is 2.74. The average Bonchev–Trinajstić information content (AvgIpc) is 2.90. The van der Waals surface area contributed by atoms with E-state index in [1.165, 1.54) is 0 Å². The summed E-state index contributed by atoms with van der Waals surface area (Å²) in [6.45, 7) is 6.72. The molecule has 0 atom stereocenters. The zero-order valence-electron chi connectivity index (χ0n) is 12.5. The Hall–Kier alpha value is -1.85. The number of carbonyl (C=O) groups excluding carboxylic acids is 1. The topological polar surface area (TPSA) is 86.3 Å². The third kappa shape index (κ3) is 9.13. The second kappa shape index (κ2) is 11.0. The van der Waals surface area contributed by atoms with E-state index in [1.807, 2.05) is 20.8 Å². The molecule has 20 heavy (non-hydrogen) atoms. The summed E-state index contributed by atoms with van der Waals surface area (Å²) < 4.78 is 0. The molecule has 0 saturated carbocycles. The molecule has 0 aliphatic rings. The molecule has 0 radical (unpaired) electrons. The van der Waals surface area contributed by atoms with Crippen LogP contribution in [-0.4, -0.2) is 44.9 Å². The molecule has 0 saturated heterocycles. The Bertz CT molecular complexity index is 364. The van der Waals surface area contributed by atoms with E-state index in [1.54, 1.807) is 17.4 Å². The van der Waals surface area contributed by atoms with Crippen LogP contribution in [0.25, 0.3) is 0 Å². The first-order chi connectivity index (χ1) is 9.51. The van der Waals surface area contributed by atoms with Gasteiger partial charge in [-0.05, 0) is 20.3 Å². The Balaban J connectivity index is 0.000000441. The van der Waals surface area contributed by atoms with Crippen LogP contribution in [0, 0.1) is 0 Å². The van der Waals surface area contributed by atoms with Crippen molar-refractivity contribution in [1.29, 1.82) is 0 Å². The predicted molar refractivity (Wildman–Crippen MR) is 77.4 cm³/mol. The molecule has 6 nitrogen and oxygen atoms in total. The molecule has 0 aromatic carbocycles. The normalized spacial score (nSPS) is 9.80. The number of aromatic nitrogens is 2. The van der Waals surface area contributed by atoms with Gasteiger partial charge in [-0.2, -0.15) is 0 Å². The Morgan fingerprint density at radius 2 is 2.25 bits per heavy atom. The summed E-state index contributed by atoms with van der Waals surface area (Å²) in [5.41, 5.74) is 1.06. The zero-order valence-corrected chi connectivity index (χ0v) is 12.5. The average molecular weight is 283 g/mol. The van der Waals surface area contributed by atoms with Gasteiger partial charge in [0.15, 0.2) is 0 Å². The SMILES string of the molecule is CC(C)N(C=O)CCc1cnc[nH]1.CCCCC(=O)O. The van der Waals surface area contributed by atoms with E-state index < -0.39 is 5.97 Å². The third-order valence-corrected chi connectivity index (χ3v) is 2.74. The van der Waals surface area contributed by atoms with Gasteiger partial charge in [0, 0.05) is 37.3 Å². The first-order valence-electron chi connectivity index (χ1n) is 6.91. The van der Waals surface area contributed by atoms with E-state index >= 15 is 0 Å². The van der Waals surface area contributed by atoms with Crippen LogP contribution >= 0.6 is 0 Å². The molecule has 114 valence electrons. The molecule has 0 spiro atoms. The second-order valence-corrected chi connectivity index (χ2v) is 4.76. The lowest BCUT2D eigenvalue weighted by molar-refractivity contribution is -0.137. The van der Waals surface area contributed by atoms with Crippen molar-refractivity contribution in [3.8, 4) is 0 Å². The summed E-state index contributed by atoms with van der Waals surface area (Å²) in [4.78, 5) is 29.0. The molecule has 0 fully saturated rings. The smallest absolute Gasteiger partial charge is 0.303 e. The minimum Gasteiger partial charge on any atom is -0.481 e. The Labute approximate surface area is 120 Å². The molecule has 2 N–H and O–H groups in total. The lowest BCUT2D eigenvalue weighted by atomic mass is 10.3. The summed E-state index contributed by atoms with van der Waals surface area (Å²) in [6, 6.07) is 0.264. The molecule has 0 bridgehead atoms. The van der Waals surface area contributed by atoms with Crippen LogP contribution in [0.15, 0.2) is 12.5 Å². The number of carbonyl (C=O) groups is 2. The van der Waals surface area contributed by atoms with Gasteiger partial charge in [-0.25, -0.2) is 4.98 Å². The van der Waals surface area contributed by atoms with Crippen LogP contribution in [-0.2, 0) is 16.0 Å². The zero-order chi connectivity index (χ0) is 15.4. The summed E-state index contributed by atoms with van der Waals surface area (Å²) >= 11 is 0. The van der Waals surface area contributed by atoms with Crippen molar-refractivity contribution in [3.63, 3.8) is 0 Å².